The van der Waals surface area contributed by atoms with E-state index in [1.807, 2.05) is 24.3 Å². The Morgan fingerprint density at radius 3 is 2.52 bits per heavy atom. The lowest BCUT2D eigenvalue weighted by Crippen LogP contribution is -2.28. The van der Waals surface area contributed by atoms with Crippen molar-refractivity contribution in [2.45, 2.75) is 17.7 Å². The molecule has 1 amide bonds. The van der Waals surface area contributed by atoms with E-state index in [2.05, 4.69) is 10.3 Å². The first kappa shape index (κ1) is 20.1. The van der Waals surface area contributed by atoms with Crippen molar-refractivity contribution in [3.05, 3.63) is 64.4 Å². The second kappa shape index (κ2) is 7.91. The second-order valence-corrected chi connectivity index (χ2v) is 9.40. The lowest BCUT2D eigenvalue weighted by Gasteiger charge is -2.17. The van der Waals surface area contributed by atoms with Gasteiger partial charge in [0.25, 0.3) is 5.91 Å². The van der Waals surface area contributed by atoms with Gasteiger partial charge in [0.1, 0.15) is 15.7 Å². The van der Waals surface area contributed by atoms with Crippen LogP contribution in [-0.2, 0) is 10.0 Å². The Morgan fingerprint density at radius 1 is 1.03 bits per heavy atom. The summed E-state index contributed by atoms with van der Waals surface area (Å²) < 4.78 is 27.1. The van der Waals surface area contributed by atoms with Crippen molar-refractivity contribution >= 4 is 55.6 Å². The van der Waals surface area contributed by atoms with Gasteiger partial charge in [0, 0.05) is 24.2 Å². The van der Waals surface area contributed by atoms with E-state index in [1.54, 1.807) is 12.1 Å². The van der Waals surface area contributed by atoms with Crippen molar-refractivity contribution in [3.8, 4) is 0 Å². The van der Waals surface area contributed by atoms with Crippen molar-refractivity contribution in [1.82, 2.24) is 9.29 Å². The zero-order chi connectivity index (χ0) is 20.6. The molecule has 1 aromatic heterocycles. The molecule has 150 valence electrons. The van der Waals surface area contributed by atoms with Crippen molar-refractivity contribution in [1.29, 1.82) is 0 Å². The highest BCUT2D eigenvalue weighted by atomic mass is 35.5. The van der Waals surface area contributed by atoms with Crippen molar-refractivity contribution in [2.24, 2.45) is 0 Å². The largest absolute Gasteiger partial charge is 0.321 e. The van der Waals surface area contributed by atoms with Crippen LogP contribution >= 0.6 is 23.2 Å². The number of aromatic nitrogens is 1. The smallest absolute Gasteiger partial charge is 0.274 e. The van der Waals surface area contributed by atoms with Gasteiger partial charge in [-0.1, -0.05) is 47.5 Å². The molecule has 0 spiro atoms. The van der Waals surface area contributed by atoms with Gasteiger partial charge in [-0.2, -0.15) is 4.31 Å². The molecule has 0 aliphatic carbocycles. The number of nitrogens with zero attached hydrogens (tertiary/aromatic N) is 2. The van der Waals surface area contributed by atoms with Gasteiger partial charge in [0.2, 0.25) is 10.0 Å². The minimum absolute atomic E-state index is 0.0247. The molecule has 1 N–H and O–H groups in total. The summed E-state index contributed by atoms with van der Waals surface area (Å²) in [6, 6.07) is 13.3. The maximum Gasteiger partial charge on any atom is 0.274 e. The second-order valence-electron chi connectivity index (χ2n) is 6.73. The van der Waals surface area contributed by atoms with Crippen molar-refractivity contribution in [3.63, 3.8) is 0 Å². The molecule has 1 fully saturated rings. The molecule has 0 unspecified atom stereocenters. The molecule has 0 bridgehead atoms. The molecule has 3 aromatic rings. The van der Waals surface area contributed by atoms with Gasteiger partial charge in [0.05, 0.1) is 5.02 Å². The molecule has 4 rings (SSSR count). The summed E-state index contributed by atoms with van der Waals surface area (Å²) >= 11 is 12.3. The van der Waals surface area contributed by atoms with Crippen LogP contribution in [0.3, 0.4) is 0 Å². The molecule has 1 aliphatic rings. The van der Waals surface area contributed by atoms with E-state index in [-0.39, 0.29) is 20.8 Å². The molecule has 9 heteroatoms. The fourth-order valence-corrected chi connectivity index (χ4v) is 5.59. The Morgan fingerprint density at radius 2 is 1.76 bits per heavy atom. The minimum Gasteiger partial charge on any atom is -0.321 e. The summed E-state index contributed by atoms with van der Waals surface area (Å²) in [6.45, 7) is 0.934. The van der Waals surface area contributed by atoms with E-state index >= 15 is 0 Å². The molecule has 1 saturated heterocycles. The van der Waals surface area contributed by atoms with Gasteiger partial charge in [0.15, 0.2) is 0 Å². The predicted octanol–water partition coefficient (Wildman–Crippen LogP) is 4.58. The summed E-state index contributed by atoms with van der Waals surface area (Å²) in [4.78, 5) is 16.8. The van der Waals surface area contributed by atoms with E-state index in [0.29, 0.717) is 18.8 Å². The number of carbonyl (C=O) groups is 1. The number of hydrogen-bond acceptors (Lipinski definition) is 4. The molecule has 2 aromatic carbocycles. The lowest BCUT2D eigenvalue weighted by molar-refractivity contribution is 0.102. The Labute approximate surface area is 178 Å². The highest BCUT2D eigenvalue weighted by Gasteiger charge is 2.29. The van der Waals surface area contributed by atoms with E-state index in [4.69, 9.17) is 23.2 Å². The molecule has 6 nitrogen and oxygen atoms in total. The van der Waals surface area contributed by atoms with Crippen LogP contribution in [0.25, 0.3) is 10.8 Å². The molecule has 29 heavy (non-hydrogen) atoms. The number of benzene rings is 2. The predicted molar refractivity (Wildman–Crippen MR) is 114 cm³/mol. The quantitative estimate of drug-likeness (QED) is 0.591. The third-order valence-corrected chi connectivity index (χ3v) is 7.47. The van der Waals surface area contributed by atoms with Gasteiger partial charge < -0.3 is 5.32 Å². The van der Waals surface area contributed by atoms with Gasteiger partial charge in [-0.3, -0.25) is 4.79 Å². The van der Waals surface area contributed by atoms with Crippen LogP contribution in [-0.4, -0.2) is 36.7 Å². The fourth-order valence-electron chi connectivity index (χ4n) is 3.31. The molecule has 0 saturated carbocycles. The molecule has 0 radical (unpaired) electrons. The first-order valence-electron chi connectivity index (χ1n) is 9.02. The first-order valence-corrected chi connectivity index (χ1v) is 11.2. The summed E-state index contributed by atoms with van der Waals surface area (Å²) in [5.74, 6) is -0.496. The van der Waals surface area contributed by atoms with Crippen LogP contribution in [0.15, 0.2) is 53.4 Å². The summed E-state index contributed by atoms with van der Waals surface area (Å²) in [7, 11) is -3.71. The SMILES string of the molecule is O=C(Nc1ccc(Cl)c(S(=O)(=O)N2CCCC2)c1)c1cc2ccccc2c(Cl)n1. The van der Waals surface area contributed by atoms with E-state index in [1.165, 1.54) is 16.4 Å². The Hall–Kier alpha value is -2.19. The Bertz CT molecular complexity index is 1210. The number of nitrogens with one attached hydrogen (secondary N) is 1. The summed E-state index contributed by atoms with van der Waals surface area (Å²) in [6.07, 6.45) is 1.64. The van der Waals surface area contributed by atoms with Crippen LogP contribution in [0.1, 0.15) is 23.3 Å². The van der Waals surface area contributed by atoms with E-state index in [9.17, 15) is 13.2 Å². The number of sulfonamides is 1. The first-order chi connectivity index (χ1) is 13.9. The third-order valence-electron chi connectivity index (χ3n) is 4.80. The number of hydrogen-bond donors (Lipinski definition) is 1. The molecule has 2 heterocycles. The zero-order valence-electron chi connectivity index (χ0n) is 15.2. The zero-order valence-corrected chi connectivity index (χ0v) is 17.6. The highest BCUT2D eigenvalue weighted by molar-refractivity contribution is 7.89. The maximum absolute atomic E-state index is 12.9. The summed E-state index contributed by atoms with van der Waals surface area (Å²) in [5.41, 5.74) is 0.441. The van der Waals surface area contributed by atoms with Crippen LogP contribution in [0.2, 0.25) is 10.2 Å². The molecule has 0 atom stereocenters. The average molecular weight is 450 g/mol. The van der Waals surface area contributed by atoms with Crippen LogP contribution in [0.4, 0.5) is 5.69 Å². The number of carbonyl (C=O) groups excluding carboxylic acids is 1. The fraction of sp³-hybridized carbons (Fsp3) is 0.200. The number of amides is 1. The molecule has 1 aliphatic heterocycles. The Balaban J connectivity index is 1.64. The van der Waals surface area contributed by atoms with E-state index in [0.717, 1.165) is 23.6 Å². The molecular formula is C20H17Cl2N3O3S. The maximum atomic E-state index is 12.9. The highest BCUT2D eigenvalue weighted by Crippen LogP contribution is 2.30. The van der Waals surface area contributed by atoms with Gasteiger partial charge in [-0.15, -0.1) is 0 Å². The number of halogens is 2. The van der Waals surface area contributed by atoms with Crippen molar-refractivity contribution in [2.75, 3.05) is 18.4 Å². The number of fused-ring (bicyclic) bond motifs is 1. The topological polar surface area (TPSA) is 79.4 Å². The van der Waals surface area contributed by atoms with Crippen LogP contribution in [0.5, 0.6) is 0 Å². The Kier molecular flexibility index (Phi) is 5.48. The van der Waals surface area contributed by atoms with Crippen LogP contribution < -0.4 is 5.32 Å². The monoisotopic (exact) mass is 449 g/mol. The average Bonchev–Trinajstić information content (AvgIpc) is 3.25. The molecular weight excluding hydrogens is 433 g/mol. The number of anilines is 1. The van der Waals surface area contributed by atoms with Crippen LogP contribution in [0, 0.1) is 0 Å². The summed E-state index contributed by atoms with van der Waals surface area (Å²) in [5, 5.41) is 4.55. The number of rotatable bonds is 4. The van der Waals surface area contributed by atoms with Gasteiger partial charge in [-0.05, 0) is 42.5 Å². The van der Waals surface area contributed by atoms with Gasteiger partial charge in [-0.25, -0.2) is 13.4 Å². The van der Waals surface area contributed by atoms with Crippen molar-refractivity contribution < 1.29 is 13.2 Å². The standard InChI is InChI=1S/C20H17Cl2N3O3S/c21-16-8-7-14(12-18(16)29(27,28)25-9-3-4-10-25)23-20(26)17-11-13-5-1-2-6-15(13)19(22)24-17/h1-2,5-8,11-12H,3-4,9-10H2,(H,23,26). The van der Waals surface area contributed by atoms with Gasteiger partial charge >= 0.3 is 0 Å². The lowest BCUT2D eigenvalue weighted by atomic mass is 10.1. The minimum atomic E-state index is -3.71. The number of pyridine rings is 1. The normalized spacial score (nSPS) is 15.0. The third kappa shape index (κ3) is 3.96. The van der Waals surface area contributed by atoms with E-state index < -0.39 is 15.9 Å².